The first kappa shape index (κ1) is 11.8. The Labute approximate surface area is 89.2 Å². The summed E-state index contributed by atoms with van der Waals surface area (Å²) in [6.07, 6.45) is 2.54. The van der Waals surface area contributed by atoms with Crippen LogP contribution < -0.4 is 0 Å². The Kier molecular flexibility index (Phi) is 4.18. The summed E-state index contributed by atoms with van der Waals surface area (Å²) in [6, 6.07) is 0.696. The summed E-state index contributed by atoms with van der Waals surface area (Å²) in [7, 11) is 0. The lowest BCUT2D eigenvalue weighted by atomic mass is 9.90. The minimum atomic E-state index is 0.696. The third-order valence-corrected chi connectivity index (χ3v) is 3.38. The Hall–Kier alpha value is -0.300. The van der Waals surface area contributed by atoms with Gasteiger partial charge in [0.25, 0.3) is 0 Å². The molecule has 1 rings (SSSR count). The smallest absolute Gasteiger partial charge is 0.0200 e. The highest BCUT2D eigenvalue weighted by atomic mass is 15.1. The summed E-state index contributed by atoms with van der Waals surface area (Å²) in [5, 5.41) is 0. The van der Waals surface area contributed by atoms with Crippen LogP contribution in [0.25, 0.3) is 0 Å². The molecule has 1 heterocycles. The molecule has 0 spiro atoms. The van der Waals surface area contributed by atoms with E-state index in [0.29, 0.717) is 6.04 Å². The average molecular weight is 195 g/mol. The third kappa shape index (κ3) is 2.60. The maximum atomic E-state index is 2.59. The Morgan fingerprint density at radius 1 is 1.21 bits per heavy atom. The first-order chi connectivity index (χ1) is 6.56. The van der Waals surface area contributed by atoms with Crippen molar-refractivity contribution in [3.63, 3.8) is 0 Å². The van der Waals surface area contributed by atoms with Crippen molar-refractivity contribution in [2.24, 2.45) is 5.92 Å². The minimum absolute atomic E-state index is 0.696. The molecule has 1 heteroatoms. The van der Waals surface area contributed by atoms with E-state index in [1.165, 1.54) is 25.9 Å². The second-order valence-electron chi connectivity index (χ2n) is 4.95. The lowest BCUT2D eigenvalue weighted by molar-refractivity contribution is 0.223. The van der Waals surface area contributed by atoms with Crippen LogP contribution in [0, 0.1) is 5.92 Å². The summed E-state index contributed by atoms with van der Waals surface area (Å²) in [5.74, 6) is 0.728. The van der Waals surface area contributed by atoms with Gasteiger partial charge < -0.3 is 0 Å². The monoisotopic (exact) mass is 195 g/mol. The molecule has 0 aromatic rings. The molecule has 0 aliphatic carbocycles. The van der Waals surface area contributed by atoms with Crippen LogP contribution in [0.1, 0.15) is 47.5 Å². The van der Waals surface area contributed by atoms with Gasteiger partial charge in [0.05, 0.1) is 0 Å². The fourth-order valence-electron chi connectivity index (χ4n) is 2.28. The van der Waals surface area contributed by atoms with E-state index in [9.17, 15) is 0 Å². The molecule has 0 atom stereocenters. The quantitative estimate of drug-likeness (QED) is 0.623. The number of hydrogen-bond donors (Lipinski definition) is 0. The van der Waals surface area contributed by atoms with Gasteiger partial charge >= 0.3 is 0 Å². The number of hydrogen-bond acceptors (Lipinski definition) is 1. The standard InChI is InChI=1S/C13H25N/c1-6-12-7-8-14(11(4)5)9-13(12)10(2)3/h10-11H,6-9H2,1-5H3. The van der Waals surface area contributed by atoms with Gasteiger partial charge in [-0.15, -0.1) is 0 Å². The first-order valence-electron chi connectivity index (χ1n) is 6.01. The zero-order valence-corrected chi connectivity index (χ0v) is 10.4. The predicted molar refractivity (Wildman–Crippen MR) is 63.5 cm³/mol. The van der Waals surface area contributed by atoms with Crippen LogP contribution in [-0.4, -0.2) is 24.0 Å². The predicted octanol–water partition coefficient (Wildman–Crippen LogP) is 3.46. The largest absolute Gasteiger partial charge is 0.297 e. The van der Waals surface area contributed by atoms with E-state index in [4.69, 9.17) is 0 Å². The van der Waals surface area contributed by atoms with E-state index >= 15 is 0 Å². The average Bonchev–Trinajstić information content (AvgIpc) is 2.16. The summed E-state index contributed by atoms with van der Waals surface area (Å²) < 4.78 is 0. The zero-order chi connectivity index (χ0) is 10.7. The highest BCUT2D eigenvalue weighted by Gasteiger charge is 2.21. The van der Waals surface area contributed by atoms with Crippen molar-refractivity contribution in [3.8, 4) is 0 Å². The van der Waals surface area contributed by atoms with Crippen molar-refractivity contribution in [3.05, 3.63) is 11.1 Å². The van der Waals surface area contributed by atoms with Gasteiger partial charge in [-0.2, -0.15) is 0 Å². The fourth-order valence-corrected chi connectivity index (χ4v) is 2.28. The van der Waals surface area contributed by atoms with Crippen LogP contribution in [0.5, 0.6) is 0 Å². The van der Waals surface area contributed by atoms with Crippen LogP contribution >= 0.6 is 0 Å². The molecule has 1 aliphatic rings. The summed E-state index contributed by atoms with van der Waals surface area (Å²) >= 11 is 0. The van der Waals surface area contributed by atoms with E-state index < -0.39 is 0 Å². The molecular formula is C13H25N. The summed E-state index contributed by atoms with van der Waals surface area (Å²) in [5.41, 5.74) is 3.42. The molecule has 14 heavy (non-hydrogen) atoms. The first-order valence-corrected chi connectivity index (χ1v) is 6.01. The van der Waals surface area contributed by atoms with Crippen molar-refractivity contribution in [2.75, 3.05) is 13.1 Å². The van der Waals surface area contributed by atoms with Crippen LogP contribution in [-0.2, 0) is 0 Å². The Bertz CT molecular complexity index is 213. The highest BCUT2D eigenvalue weighted by Crippen LogP contribution is 2.26. The molecule has 0 unspecified atom stereocenters. The molecule has 1 aliphatic heterocycles. The molecule has 0 saturated carbocycles. The van der Waals surface area contributed by atoms with Gasteiger partial charge in [-0.3, -0.25) is 4.90 Å². The molecular weight excluding hydrogens is 170 g/mol. The van der Waals surface area contributed by atoms with Gasteiger partial charge in [0.15, 0.2) is 0 Å². The van der Waals surface area contributed by atoms with Crippen LogP contribution in [0.2, 0.25) is 0 Å². The Morgan fingerprint density at radius 2 is 1.86 bits per heavy atom. The SMILES string of the molecule is CCC1=C(C(C)C)CN(C(C)C)CC1. The fraction of sp³-hybridized carbons (Fsp3) is 0.846. The van der Waals surface area contributed by atoms with Gasteiger partial charge in [-0.05, 0) is 32.6 Å². The maximum absolute atomic E-state index is 2.59. The van der Waals surface area contributed by atoms with Crippen LogP contribution in [0.15, 0.2) is 11.1 Å². The Morgan fingerprint density at radius 3 is 2.29 bits per heavy atom. The van der Waals surface area contributed by atoms with E-state index in [1.54, 1.807) is 11.1 Å². The summed E-state index contributed by atoms with van der Waals surface area (Å²) in [4.78, 5) is 2.59. The molecule has 0 fully saturated rings. The zero-order valence-electron chi connectivity index (χ0n) is 10.4. The van der Waals surface area contributed by atoms with Gasteiger partial charge in [-0.25, -0.2) is 0 Å². The number of nitrogens with zero attached hydrogens (tertiary/aromatic N) is 1. The summed E-state index contributed by atoms with van der Waals surface area (Å²) in [6.45, 7) is 14.0. The molecule has 0 radical (unpaired) electrons. The van der Waals surface area contributed by atoms with Crippen LogP contribution in [0.3, 0.4) is 0 Å². The minimum Gasteiger partial charge on any atom is -0.297 e. The maximum Gasteiger partial charge on any atom is 0.0200 e. The van der Waals surface area contributed by atoms with E-state index in [0.717, 1.165) is 5.92 Å². The molecule has 0 N–H and O–H groups in total. The molecule has 0 aromatic carbocycles. The molecule has 82 valence electrons. The lowest BCUT2D eigenvalue weighted by Crippen LogP contribution is -2.38. The van der Waals surface area contributed by atoms with Crippen LogP contribution in [0.4, 0.5) is 0 Å². The van der Waals surface area contributed by atoms with Crippen molar-refractivity contribution < 1.29 is 0 Å². The van der Waals surface area contributed by atoms with Crippen molar-refractivity contribution in [1.82, 2.24) is 4.90 Å². The van der Waals surface area contributed by atoms with E-state index in [2.05, 4.69) is 39.5 Å². The second kappa shape index (κ2) is 4.97. The second-order valence-corrected chi connectivity index (χ2v) is 4.95. The van der Waals surface area contributed by atoms with Gasteiger partial charge in [0, 0.05) is 19.1 Å². The van der Waals surface area contributed by atoms with Crippen molar-refractivity contribution in [2.45, 2.75) is 53.5 Å². The van der Waals surface area contributed by atoms with E-state index in [-0.39, 0.29) is 0 Å². The number of rotatable bonds is 3. The molecule has 1 nitrogen and oxygen atoms in total. The van der Waals surface area contributed by atoms with Crippen molar-refractivity contribution >= 4 is 0 Å². The lowest BCUT2D eigenvalue weighted by Gasteiger charge is -2.35. The molecule has 0 saturated heterocycles. The van der Waals surface area contributed by atoms with E-state index in [1.807, 2.05) is 0 Å². The van der Waals surface area contributed by atoms with Gasteiger partial charge in [-0.1, -0.05) is 31.9 Å². The normalized spacial score (nSPS) is 19.9. The van der Waals surface area contributed by atoms with Gasteiger partial charge in [0.1, 0.15) is 0 Å². The van der Waals surface area contributed by atoms with Crippen molar-refractivity contribution in [1.29, 1.82) is 0 Å². The highest BCUT2D eigenvalue weighted by molar-refractivity contribution is 5.20. The molecule has 0 aromatic heterocycles. The third-order valence-electron chi connectivity index (χ3n) is 3.38. The topological polar surface area (TPSA) is 3.24 Å². The Balaban J connectivity index is 2.76. The molecule has 0 bridgehead atoms. The molecule has 0 amide bonds. The van der Waals surface area contributed by atoms with Gasteiger partial charge in [0.2, 0.25) is 0 Å².